The van der Waals surface area contributed by atoms with Crippen LogP contribution in [0.4, 0.5) is 0 Å². The number of rotatable bonds is 12. The van der Waals surface area contributed by atoms with E-state index in [9.17, 15) is 14.7 Å². The van der Waals surface area contributed by atoms with Crippen LogP contribution < -0.4 is 5.32 Å². The van der Waals surface area contributed by atoms with Crippen molar-refractivity contribution in [3.63, 3.8) is 0 Å². The first-order valence-electron chi connectivity index (χ1n) is 12.2. The maximum Gasteiger partial charge on any atom is 0.326 e. The summed E-state index contributed by atoms with van der Waals surface area (Å²) >= 11 is 1.55. The third kappa shape index (κ3) is 7.45. The number of hydrogen-bond donors (Lipinski definition) is 2. The number of benzene rings is 3. The molecule has 36 heavy (non-hydrogen) atoms. The summed E-state index contributed by atoms with van der Waals surface area (Å²) in [4.78, 5) is 24.9. The van der Waals surface area contributed by atoms with Crippen molar-refractivity contribution >= 4 is 23.6 Å². The summed E-state index contributed by atoms with van der Waals surface area (Å²) in [7, 11) is 0. The molecule has 0 heterocycles. The Labute approximate surface area is 218 Å². The van der Waals surface area contributed by atoms with E-state index in [2.05, 4.69) is 43.4 Å². The molecular formula is C30H35NO4S. The molecule has 3 aromatic rings. The number of carbonyl (C=O) groups excluding carboxylic acids is 1. The molecule has 0 saturated heterocycles. The van der Waals surface area contributed by atoms with Crippen LogP contribution in [-0.2, 0) is 22.7 Å². The summed E-state index contributed by atoms with van der Waals surface area (Å²) in [5.41, 5.74) is 6.54. The van der Waals surface area contributed by atoms with Crippen molar-refractivity contribution in [3.05, 3.63) is 94.5 Å². The van der Waals surface area contributed by atoms with Gasteiger partial charge in [-0.25, -0.2) is 4.79 Å². The highest BCUT2D eigenvalue weighted by atomic mass is 32.2. The number of hydrogen-bond acceptors (Lipinski definition) is 4. The fourth-order valence-electron chi connectivity index (χ4n) is 4.03. The molecular weight excluding hydrogens is 470 g/mol. The molecule has 0 unspecified atom stereocenters. The predicted octanol–water partition coefficient (Wildman–Crippen LogP) is 6.44. The van der Waals surface area contributed by atoms with Gasteiger partial charge in [0.25, 0.3) is 5.91 Å². The lowest BCUT2D eigenvalue weighted by Gasteiger charge is -2.18. The highest BCUT2D eigenvalue weighted by molar-refractivity contribution is 7.98. The van der Waals surface area contributed by atoms with Gasteiger partial charge < -0.3 is 15.2 Å². The first-order chi connectivity index (χ1) is 17.3. The molecule has 190 valence electrons. The zero-order chi connectivity index (χ0) is 26.1. The molecule has 0 fully saturated rings. The summed E-state index contributed by atoms with van der Waals surface area (Å²) in [6, 6.07) is 21.0. The summed E-state index contributed by atoms with van der Waals surface area (Å²) in [6.45, 7) is 7.25. The van der Waals surface area contributed by atoms with Gasteiger partial charge in [0, 0.05) is 5.56 Å². The summed E-state index contributed by atoms with van der Waals surface area (Å²) in [5.74, 6) is -0.305. The Morgan fingerprint density at radius 2 is 1.67 bits per heavy atom. The van der Waals surface area contributed by atoms with Crippen LogP contribution in [0.3, 0.4) is 0 Å². The van der Waals surface area contributed by atoms with Crippen molar-refractivity contribution < 1.29 is 19.4 Å². The molecule has 0 aliphatic carbocycles. The molecule has 3 aromatic carbocycles. The number of ether oxygens (including phenoxy) is 1. The lowest BCUT2D eigenvalue weighted by molar-refractivity contribution is -0.139. The van der Waals surface area contributed by atoms with Crippen LogP contribution in [-0.4, -0.2) is 35.0 Å². The number of carboxylic acids is 1. The van der Waals surface area contributed by atoms with Gasteiger partial charge in [-0.05, 0) is 76.8 Å². The molecule has 2 N–H and O–H groups in total. The van der Waals surface area contributed by atoms with Crippen LogP contribution in [0.25, 0.3) is 11.1 Å². The van der Waals surface area contributed by atoms with Gasteiger partial charge in [0.05, 0.1) is 13.2 Å². The normalized spacial score (nSPS) is 11.9. The third-order valence-electron chi connectivity index (χ3n) is 6.13. The van der Waals surface area contributed by atoms with Gasteiger partial charge in [-0.1, -0.05) is 68.4 Å². The minimum Gasteiger partial charge on any atom is -0.480 e. The van der Waals surface area contributed by atoms with E-state index in [4.69, 9.17) is 4.74 Å². The molecule has 0 aliphatic rings. The van der Waals surface area contributed by atoms with Crippen LogP contribution in [0.15, 0.2) is 66.7 Å². The average molecular weight is 506 g/mol. The Morgan fingerprint density at radius 3 is 2.33 bits per heavy atom. The molecule has 0 bridgehead atoms. The van der Waals surface area contributed by atoms with Crippen LogP contribution in [0.5, 0.6) is 0 Å². The fraction of sp³-hybridized carbons (Fsp3) is 0.333. The first kappa shape index (κ1) is 27.5. The predicted molar refractivity (Wildman–Crippen MR) is 148 cm³/mol. The average Bonchev–Trinajstić information content (AvgIpc) is 2.86. The van der Waals surface area contributed by atoms with E-state index in [0.717, 1.165) is 27.8 Å². The second-order valence-corrected chi connectivity index (χ2v) is 10.2. The van der Waals surface area contributed by atoms with Gasteiger partial charge in [-0.2, -0.15) is 11.8 Å². The van der Waals surface area contributed by atoms with Crippen molar-refractivity contribution in [1.29, 1.82) is 0 Å². The Kier molecular flexibility index (Phi) is 10.1. The second kappa shape index (κ2) is 13.3. The van der Waals surface area contributed by atoms with Gasteiger partial charge in [-0.15, -0.1) is 0 Å². The lowest BCUT2D eigenvalue weighted by Crippen LogP contribution is -2.41. The van der Waals surface area contributed by atoms with Crippen molar-refractivity contribution in [1.82, 2.24) is 5.32 Å². The van der Waals surface area contributed by atoms with E-state index in [-0.39, 0.29) is 5.91 Å². The highest BCUT2D eigenvalue weighted by Crippen LogP contribution is 2.29. The molecule has 0 aliphatic heterocycles. The zero-order valence-corrected chi connectivity index (χ0v) is 22.2. The van der Waals surface area contributed by atoms with E-state index in [1.54, 1.807) is 17.8 Å². The number of carboxylic acid groups (broad SMARTS) is 1. The van der Waals surface area contributed by atoms with Crippen molar-refractivity contribution in [2.45, 2.75) is 52.4 Å². The van der Waals surface area contributed by atoms with Crippen molar-refractivity contribution in [2.75, 3.05) is 12.0 Å². The van der Waals surface area contributed by atoms with Gasteiger partial charge in [0.15, 0.2) is 0 Å². The Bertz CT molecular complexity index is 1190. The SMILES string of the molecule is CSCC[C@H](NC(=O)c1ccc(COCc2cccc(C(C)C)c2)cc1-c1ccccc1C)C(=O)O. The Hall–Kier alpha value is -3.09. The van der Waals surface area contributed by atoms with E-state index in [0.29, 0.717) is 36.9 Å². The van der Waals surface area contributed by atoms with Gasteiger partial charge in [0.1, 0.15) is 6.04 Å². The van der Waals surface area contributed by atoms with Gasteiger partial charge in [0.2, 0.25) is 0 Å². The minimum atomic E-state index is -1.03. The molecule has 1 amide bonds. The Morgan fingerprint density at radius 1 is 0.944 bits per heavy atom. The smallest absolute Gasteiger partial charge is 0.326 e. The summed E-state index contributed by atoms with van der Waals surface area (Å²) in [6.07, 6.45) is 2.28. The Balaban J connectivity index is 1.83. The van der Waals surface area contributed by atoms with Crippen LogP contribution in [0, 0.1) is 6.92 Å². The third-order valence-corrected chi connectivity index (χ3v) is 6.78. The van der Waals surface area contributed by atoms with E-state index in [1.807, 2.05) is 49.6 Å². The monoisotopic (exact) mass is 505 g/mol. The van der Waals surface area contributed by atoms with Gasteiger partial charge >= 0.3 is 5.97 Å². The summed E-state index contributed by atoms with van der Waals surface area (Å²) in [5, 5.41) is 12.3. The van der Waals surface area contributed by atoms with Gasteiger partial charge in [-0.3, -0.25) is 4.79 Å². The largest absolute Gasteiger partial charge is 0.480 e. The second-order valence-electron chi connectivity index (χ2n) is 9.23. The number of thioether (sulfide) groups is 1. The number of carbonyl (C=O) groups is 2. The lowest BCUT2D eigenvalue weighted by atomic mass is 9.93. The zero-order valence-electron chi connectivity index (χ0n) is 21.4. The van der Waals surface area contributed by atoms with Crippen LogP contribution in [0.2, 0.25) is 0 Å². The highest BCUT2D eigenvalue weighted by Gasteiger charge is 2.22. The van der Waals surface area contributed by atoms with E-state index in [1.165, 1.54) is 5.56 Å². The fourth-order valence-corrected chi connectivity index (χ4v) is 4.51. The molecule has 5 nitrogen and oxygen atoms in total. The molecule has 0 spiro atoms. The number of aryl methyl sites for hydroxylation is 1. The molecule has 0 saturated carbocycles. The maximum absolute atomic E-state index is 13.2. The van der Waals surface area contributed by atoms with Crippen LogP contribution in [0.1, 0.15) is 58.8 Å². The quantitative estimate of drug-likeness (QED) is 0.296. The molecule has 6 heteroatoms. The molecule has 0 radical (unpaired) electrons. The first-order valence-corrected chi connectivity index (χ1v) is 13.6. The van der Waals surface area contributed by atoms with Crippen LogP contribution >= 0.6 is 11.8 Å². The minimum absolute atomic E-state index is 0.367. The topological polar surface area (TPSA) is 75.6 Å². The number of amides is 1. The number of aliphatic carboxylic acids is 1. The van der Waals surface area contributed by atoms with E-state index < -0.39 is 12.0 Å². The molecule has 1 atom stereocenters. The standard InChI is InChI=1S/C30H35NO4S/c1-20(2)24-10-7-9-22(16-24)18-35-19-23-12-13-26(27(17-23)25-11-6-5-8-21(25)3)29(32)31-28(30(33)34)14-15-36-4/h5-13,16-17,20,28H,14-15,18-19H2,1-4H3,(H,31,32)(H,33,34)/t28-/m0/s1. The van der Waals surface area contributed by atoms with Crippen molar-refractivity contribution in [2.24, 2.45) is 0 Å². The molecule has 3 rings (SSSR count). The molecule has 0 aromatic heterocycles. The van der Waals surface area contributed by atoms with Crippen molar-refractivity contribution in [3.8, 4) is 11.1 Å². The van der Waals surface area contributed by atoms with E-state index >= 15 is 0 Å². The summed E-state index contributed by atoms with van der Waals surface area (Å²) < 4.78 is 6.02. The number of nitrogens with one attached hydrogen (secondary N) is 1. The maximum atomic E-state index is 13.2.